The Kier molecular flexibility index (Phi) is 4.74. The highest BCUT2D eigenvalue weighted by molar-refractivity contribution is 9.11. The van der Waals surface area contributed by atoms with E-state index in [9.17, 15) is 10.1 Å². The smallest absolute Gasteiger partial charge is 0.185 e. The third-order valence-electron chi connectivity index (χ3n) is 3.00. The summed E-state index contributed by atoms with van der Waals surface area (Å²) in [6.45, 7) is 1.97. The van der Waals surface area contributed by atoms with Crippen LogP contribution in [-0.2, 0) is 0 Å². The predicted molar refractivity (Wildman–Crippen MR) is 85.7 cm³/mol. The number of nitriles is 1. The summed E-state index contributed by atoms with van der Waals surface area (Å²) in [4.78, 5) is 12.6. The van der Waals surface area contributed by atoms with Gasteiger partial charge in [0.25, 0.3) is 0 Å². The van der Waals surface area contributed by atoms with Crippen molar-refractivity contribution in [1.82, 2.24) is 0 Å². The van der Waals surface area contributed by atoms with Gasteiger partial charge in [0.15, 0.2) is 5.78 Å². The van der Waals surface area contributed by atoms with Gasteiger partial charge in [-0.1, -0.05) is 61.7 Å². The van der Waals surface area contributed by atoms with Gasteiger partial charge in [-0.15, -0.1) is 0 Å². The molecular formula is C16H11Br2NO. The van der Waals surface area contributed by atoms with Crippen LogP contribution in [0.2, 0.25) is 0 Å². The SMILES string of the molecule is Cc1ccc(C(C#N)C(=O)c2cc(Br)ccc2Br)cc1. The van der Waals surface area contributed by atoms with Crippen molar-refractivity contribution >= 4 is 37.6 Å². The van der Waals surface area contributed by atoms with E-state index >= 15 is 0 Å². The summed E-state index contributed by atoms with van der Waals surface area (Å²) < 4.78 is 1.50. The maximum absolute atomic E-state index is 12.6. The molecule has 0 aromatic heterocycles. The molecule has 0 saturated carbocycles. The Morgan fingerprint density at radius 1 is 1.15 bits per heavy atom. The highest BCUT2D eigenvalue weighted by Crippen LogP contribution is 2.28. The summed E-state index contributed by atoms with van der Waals surface area (Å²) in [7, 11) is 0. The first-order chi connectivity index (χ1) is 9.52. The minimum absolute atomic E-state index is 0.204. The molecule has 2 rings (SSSR count). The molecule has 0 aliphatic carbocycles. The van der Waals surface area contributed by atoms with Crippen molar-refractivity contribution in [3.05, 3.63) is 68.1 Å². The topological polar surface area (TPSA) is 40.9 Å². The van der Waals surface area contributed by atoms with Crippen LogP contribution in [0.25, 0.3) is 0 Å². The van der Waals surface area contributed by atoms with Crippen LogP contribution in [0.1, 0.15) is 27.4 Å². The van der Waals surface area contributed by atoms with E-state index in [-0.39, 0.29) is 5.78 Å². The van der Waals surface area contributed by atoms with Crippen LogP contribution in [-0.4, -0.2) is 5.78 Å². The van der Waals surface area contributed by atoms with Crippen molar-refractivity contribution in [2.75, 3.05) is 0 Å². The van der Waals surface area contributed by atoms with Crippen molar-refractivity contribution < 1.29 is 4.79 Å². The third kappa shape index (κ3) is 3.17. The molecule has 0 saturated heterocycles. The molecule has 1 unspecified atom stereocenters. The van der Waals surface area contributed by atoms with Gasteiger partial charge in [-0.05, 0) is 30.7 Å². The van der Waals surface area contributed by atoms with Gasteiger partial charge in [0, 0.05) is 14.5 Å². The third-order valence-corrected chi connectivity index (χ3v) is 4.18. The standard InChI is InChI=1S/C16H11Br2NO/c1-10-2-4-11(5-3-10)14(9-19)16(20)13-8-12(17)6-7-15(13)18/h2-8,14H,1H3. The molecule has 1 atom stereocenters. The van der Waals surface area contributed by atoms with Gasteiger partial charge in [-0.3, -0.25) is 4.79 Å². The van der Waals surface area contributed by atoms with Crippen molar-refractivity contribution in [2.24, 2.45) is 0 Å². The predicted octanol–water partition coefficient (Wildman–Crippen LogP) is 5.01. The Hall–Kier alpha value is -1.44. The Balaban J connectivity index is 2.42. The van der Waals surface area contributed by atoms with E-state index in [2.05, 4.69) is 37.9 Å². The van der Waals surface area contributed by atoms with Crippen LogP contribution >= 0.6 is 31.9 Å². The molecule has 2 aromatic carbocycles. The lowest BCUT2D eigenvalue weighted by Gasteiger charge is -2.11. The van der Waals surface area contributed by atoms with E-state index in [1.54, 1.807) is 12.1 Å². The van der Waals surface area contributed by atoms with Gasteiger partial charge >= 0.3 is 0 Å². The monoisotopic (exact) mass is 391 g/mol. The highest BCUT2D eigenvalue weighted by Gasteiger charge is 2.23. The minimum atomic E-state index is -0.791. The number of rotatable bonds is 3. The second-order valence-corrected chi connectivity index (χ2v) is 6.23. The number of halogens is 2. The number of nitrogens with zero attached hydrogens (tertiary/aromatic N) is 1. The first-order valence-electron chi connectivity index (χ1n) is 5.98. The van der Waals surface area contributed by atoms with Gasteiger partial charge in [-0.25, -0.2) is 0 Å². The van der Waals surface area contributed by atoms with Crippen molar-refractivity contribution in [3.8, 4) is 6.07 Å². The molecule has 0 fully saturated rings. The molecule has 0 heterocycles. The largest absolute Gasteiger partial charge is 0.292 e. The van der Waals surface area contributed by atoms with E-state index in [4.69, 9.17) is 0 Å². The average molecular weight is 393 g/mol. The summed E-state index contributed by atoms with van der Waals surface area (Å²) in [6.07, 6.45) is 0. The van der Waals surface area contributed by atoms with E-state index in [0.29, 0.717) is 10.0 Å². The molecule has 100 valence electrons. The Labute approximate surface area is 134 Å². The molecule has 0 N–H and O–H groups in total. The number of aryl methyl sites for hydroxylation is 1. The number of benzene rings is 2. The fraction of sp³-hybridized carbons (Fsp3) is 0.125. The summed E-state index contributed by atoms with van der Waals surface area (Å²) >= 11 is 6.71. The van der Waals surface area contributed by atoms with Gasteiger partial charge < -0.3 is 0 Å². The second-order valence-electron chi connectivity index (χ2n) is 4.46. The molecule has 2 nitrogen and oxygen atoms in total. The van der Waals surface area contributed by atoms with Crippen LogP contribution in [0.3, 0.4) is 0 Å². The Morgan fingerprint density at radius 2 is 1.80 bits per heavy atom. The quantitative estimate of drug-likeness (QED) is 0.688. The lowest BCUT2D eigenvalue weighted by atomic mass is 9.91. The molecule has 0 aliphatic heterocycles. The number of hydrogen-bond donors (Lipinski definition) is 0. The van der Waals surface area contributed by atoms with E-state index in [0.717, 1.165) is 15.6 Å². The minimum Gasteiger partial charge on any atom is -0.292 e. The van der Waals surface area contributed by atoms with E-state index in [1.165, 1.54) is 0 Å². The van der Waals surface area contributed by atoms with Gasteiger partial charge in [0.05, 0.1) is 6.07 Å². The number of ketones is 1. The summed E-state index contributed by atoms with van der Waals surface area (Å²) in [6, 6.07) is 14.9. The molecular weight excluding hydrogens is 382 g/mol. The molecule has 4 heteroatoms. The maximum Gasteiger partial charge on any atom is 0.185 e. The number of Topliss-reactive ketones (excluding diaryl/α,β-unsaturated/α-hetero) is 1. The zero-order valence-electron chi connectivity index (χ0n) is 10.7. The lowest BCUT2D eigenvalue weighted by molar-refractivity contribution is 0.0978. The fourth-order valence-electron chi connectivity index (χ4n) is 1.89. The van der Waals surface area contributed by atoms with Crippen LogP contribution in [0, 0.1) is 18.3 Å². The van der Waals surface area contributed by atoms with Crippen LogP contribution in [0.5, 0.6) is 0 Å². The second kappa shape index (κ2) is 6.34. The summed E-state index contributed by atoms with van der Waals surface area (Å²) in [5.74, 6) is -0.995. The zero-order chi connectivity index (χ0) is 14.7. The summed E-state index contributed by atoms with van der Waals surface area (Å²) in [5.41, 5.74) is 2.32. The van der Waals surface area contributed by atoms with Crippen molar-refractivity contribution in [3.63, 3.8) is 0 Å². The highest BCUT2D eigenvalue weighted by atomic mass is 79.9. The maximum atomic E-state index is 12.6. The van der Waals surface area contributed by atoms with Gasteiger partial charge in [-0.2, -0.15) is 5.26 Å². The molecule has 2 aromatic rings. The lowest BCUT2D eigenvalue weighted by Crippen LogP contribution is -2.12. The van der Waals surface area contributed by atoms with Gasteiger partial charge in [0.2, 0.25) is 0 Å². The molecule has 0 amide bonds. The Morgan fingerprint density at radius 3 is 2.40 bits per heavy atom. The molecule has 0 aliphatic rings. The van der Waals surface area contributed by atoms with Crippen molar-refractivity contribution in [1.29, 1.82) is 5.26 Å². The first-order valence-corrected chi connectivity index (χ1v) is 7.57. The number of carbonyl (C=O) groups excluding carboxylic acids is 1. The number of carbonyl (C=O) groups is 1. The summed E-state index contributed by atoms with van der Waals surface area (Å²) in [5, 5.41) is 9.34. The first kappa shape index (κ1) is 15.0. The van der Waals surface area contributed by atoms with Crippen LogP contribution in [0.15, 0.2) is 51.4 Å². The molecule has 0 bridgehead atoms. The van der Waals surface area contributed by atoms with E-state index in [1.807, 2.05) is 37.3 Å². The molecule has 0 radical (unpaired) electrons. The molecule has 0 spiro atoms. The molecule has 20 heavy (non-hydrogen) atoms. The normalized spacial score (nSPS) is 11.7. The van der Waals surface area contributed by atoms with Gasteiger partial charge in [0.1, 0.15) is 5.92 Å². The fourth-order valence-corrected chi connectivity index (χ4v) is 2.69. The van der Waals surface area contributed by atoms with E-state index < -0.39 is 5.92 Å². The van der Waals surface area contributed by atoms with Crippen molar-refractivity contribution in [2.45, 2.75) is 12.8 Å². The van der Waals surface area contributed by atoms with Crippen LogP contribution < -0.4 is 0 Å². The Bertz CT molecular complexity index is 687. The average Bonchev–Trinajstić information content (AvgIpc) is 2.44. The van der Waals surface area contributed by atoms with Crippen LogP contribution in [0.4, 0.5) is 0 Å². The number of hydrogen-bond acceptors (Lipinski definition) is 2. The zero-order valence-corrected chi connectivity index (χ0v) is 13.9.